The third kappa shape index (κ3) is 4.34. The molecule has 1 heterocycles. The molecule has 0 unspecified atom stereocenters. The van der Waals surface area contributed by atoms with Crippen LogP contribution in [0.25, 0.3) is 0 Å². The molecule has 0 aliphatic rings. The lowest BCUT2D eigenvalue weighted by molar-refractivity contribution is 0.305. The molecule has 0 aliphatic carbocycles. The number of unbranched alkanes of at least 4 members (excludes halogenated alkanes) is 2. The summed E-state index contributed by atoms with van der Waals surface area (Å²) in [5.41, 5.74) is 0.0650. The van der Waals surface area contributed by atoms with Crippen molar-refractivity contribution in [3.05, 3.63) is 63.3 Å². The van der Waals surface area contributed by atoms with E-state index in [0.717, 1.165) is 19.3 Å². The number of ether oxygens (including phenoxy) is 1. The van der Waals surface area contributed by atoms with Gasteiger partial charge in [0.25, 0.3) is 5.56 Å². The van der Waals surface area contributed by atoms with Crippen LogP contribution in [0.15, 0.2) is 41.3 Å². The van der Waals surface area contributed by atoms with Crippen LogP contribution in [0.5, 0.6) is 5.75 Å². The van der Waals surface area contributed by atoms with Crippen LogP contribution in [-0.2, 0) is 6.54 Å². The molecule has 1 aromatic carbocycles. The quantitative estimate of drug-likeness (QED) is 0.713. The Kier molecular flexibility index (Phi) is 6.01. The fourth-order valence-corrected chi connectivity index (χ4v) is 2.33. The van der Waals surface area contributed by atoms with E-state index in [0.29, 0.717) is 22.9 Å². The third-order valence-corrected chi connectivity index (χ3v) is 3.73. The molecule has 0 bridgehead atoms. The lowest BCUT2D eigenvalue weighted by Gasteiger charge is -2.10. The Balaban J connectivity index is 2.08. The zero-order valence-electron chi connectivity index (χ0n) is 12.5. The van der Waals surface area contributed by atoms with Crippen LogP contribution in [0.2, 0.25) is 5.02 Å². The highest BCUT2D eigenvalue weighted by Gasteiger charge is 2.09. The normalized spacial score (nSPS) is 10.7. The average Bonchev–Trinajstić information content (AvgIpc) is 2.49. The molecule has 0 amide bonds. The molecule has 3 nitrogen and oxygen atoms in total. The predicted molar refractivity (Wildman–Crippen MR) is 86.2 cm³/mol. The first kappa shape index (κ1) is 16.6. The van der Waals surface area contributed by atoms with Gasteiger partial charge < -0.3 is 9.30 Å². The highest BCUT2D eigenvalue weighted by molar-refractivity contribution is 6.31. The number of pyridine rings is 1. The molecule has 5 heteroatoms. The minimum absolute atomic E-state index is 0.0977. The lowest BCUT2D eigenvalue weighted by atomic mass is 10.2. The van der Waals surface area contributed by atoms with E-state index in [9.17, 15) is 9.18 Å². The van der Waals surface area contributed by atoms with E-state index in [1.807, 2.05) is 0 Å². The van der Waals surface area contributed by atoms with Crippen molar-refractivity contribution in [2.24, 2.45) is 0 Å². The molecule has 1 aromatic heterocycles. The highest BCUT2D eigenvalue weighted by atomic mass is 35.5. The van der Waals surface area contributed by atoms with Gasteiger partial charge in [0.1, 0.15) is 11.6 Å². The topological polar surface area (TPSA) is 31.2 Å². The Hall–Kier alpha value is -1.81. The summed E-state index contributed by atoms with van der Waals surface area (Å²) in [6, 6.07) is 7.60. The van der Waals surface area contributed by atoms with Crippen LogP contribution >= 0.6 is 11.6 Å². The van der Waals surface area contributed by atoms with Crippen molar-refractivity contribution < 1.29 is 9.13 Å². The van der Waals surface area contributed by atoms with Crippen molar-refractivity contribution >= 4 is 11.6 Å². The van der Waals surface area contributed by atoms with Crippen molar-refractivity contribution in [1.29, 1.82) is 0 Å². The van der Waals surface area contributed by atoms with Crippen molar-refractivity contribution in [2.45, 2.75) is 32.7 Å². The molecule has 0 atom stereocenters. The van der Waals surface area contributed by atoms with Gasteiger partial charge in [0.15, 0.2) is 0 Å². The van der Waals surface area contributed by atoms with E-state index in [1.165, 1.54) is 22.8 Å². The lowest BCUT2D eigenvalue weighted by Crippen LogP contribution is -2.20. The van der Waals surface area contributed by atoms with E-state index < -0.39 is 5.82 Å². The van der Waals surface area contributed by atoms with Crippen LogP contribution in [-0.4, -0.2) is 11.2 Å². The minimum Gasteiger partial charge on any atom is -0.493 e. The number of hydrogen-bond acceptors (Lipinski definition) is 2. The largest absolute Gasteiger partial charge is 0.493 e. The van der Waals surface area contributed by atoms with Crippen molar-refractivity contribution in [3.8, 4) is 5.75 Å². The predicted octanol–water partition coefficient (Wildman–Crippen LogP) is 4.26. The zero-order valence-corrected chi connectivity index (χ0v) is 13.3. The maximum absolute atomic E-state index is 13.8. The molecule has 0 aliphatic heterocycles. The molecule has 0 saturated heterocycles. The Morgan fingerprint density at radius 2 is 2.09 bits per heavy atom. The number of benzene rings is 1. The zero-order chi connectivity index (χ0) is 15.9. The molecule has 0 spiro atoms. The van der Waals surface area contributed by atoms with Crippen molar-refractivity contribution in [3.63, 3.8) is 0 Å². The molecule has 118 valence electrons. The molecule has 0 saturated carbocycles. The maximum atomic E-state index is 13.8. The van der Waals surface area contributed by atoms with Gasteiger partial charge in [0, 0.05) is 22.8 Å². The van der Waals surface area contributed by atoms with Gasteiger partial charge in [-0.2, -0.15) is 0 Å². The van der Waals surface area contributed by atoms with E-state index in [-0.39, 0.29) is 12.1 Å². The van der Waals surface area contributed by atoms with Crippen molar-refractivity contribution in [2.75, 3.05) is 6.61 Å². The second-order valence-electron chi connectivity index (χ2n) is 5.08. The summed E-state index contributed by atoms with van der Waals surface area (Å²) in [4.78, 5) is 12.1. The number of aromatic nitrogens is 1. The van der Waals surface area contributed by atoms with Crippen LogP contribution in [0.1, 0.15) is 31.7 Å². The standard InChI is InChI=1S/C17H19ClFNO2/c1-2-3-4-10-22-13-8-9-20(17(21)11-13)12-14-15(18)6-5-7-16(14)19/h5-9,11H,2-4,10,12H2,1H3. The Morgan fingerprint density at radius 1 is 1.27 bits per heavy atom. The van der Waals surface area contributed by atoms with Gasteiger partial charge in [-0.25, -0.2) is 4.39 Å². The average molecular weight is 324 g/mol. The first-order chi connectivity index (χ1) is 10.6. The maximum Gasteiger partial charge on any atom is 0.254 e. The summed E-state index contributed by atoms with van der Waals surface area (Å²) in [6.07, 6.45) is 4.78. The Morgan fingerprint density at radius 3 is 2.77 bits per heavy atom. The molecule has 0 N–H and O–H groups in total. The van der Waals surface area contributed by atoms with E-state index >= 15 is 0 Å². The summed E-state index contributed by atoms with van der Waals surface area (Å²) in [5, 5.41) is 0.312. The summed E-state index contributed by atoms with van der Waals surface area (Å²) >= 11 is 5.98. The molecule has 2 rings (SSSR count). The van der Waals surface area contributed by atoms with Gasteiger partial charge in [-0.3, -0.25) is 4.79 Å². The van der Waals surface area contributed by atoms with Gasteiger partial charge in [-0.1, -0.05) is 37.4 Å². The molecule has 2 aromatic rings. The first-order valence-electron chi connectivity index (χ1n) is 7.38. The smallest absolute Gasteiger partial charge is 0.254 e. The number of nitrogens with zero attached hydrogens (tertiary/aromatic N) is 1. The van der Waals surface area contributed by atoms with Crippen LogP contribution in [0, 0.1) is 5.82 Å². The Bertz CT molecular complexity index is 664. The summed E-state index contributed by atoms with van der Waals surface area (Å²) in [5.74, 6) is 0.122. The fraction of sp³-hybridized carbons (Fsp3) is 0.353. The van der Waals surface area contributed by atoms with Crippen LogP contribution in [0.4, 0.5) is 4.39 Å². The molecule has 0 fully saturated rings. The second kappa shape index (κ2) is 7.99. The summed E-state index contributed by atoms with van der Waals surface area (Å²) < 4.78 is 20.7. The first-order valence-corrected chi connectivity index (χ1v) is 7.75. The Labute approximate surface area is 134 Å². The fourth-order valence-electron chi connectivity index (χ4n) is 2.11. The van der Waals surface area contributed by atoms with Gasteiger partial charge in [-0.15, -0.1) is 0 Å². The highest BCUT2D eigenvalue weighted by Crippen LogP contribution is 2.19. The molecule has 22 heavy (non-hydrogen) atoms. The summed E-state index contributed by atoms with van der Waals surface area (Å²) in [6.45, 7) is 2.81. The van der Waals surface area contributed by atoms with E-state index in [1.54, 1.807) is 18.3 Å². The minimum atomic E-state index is -0.417. The molecular weight excluding hydrogens is 305 g/mol. The number of rotatable bonds is 7. The van der Waals surface area contributed by atoms with Gasteiger partial charge >= 0.3 is 0 Å². The van der Waals surface area contributed by atoms with Crippen LogP contribution in [0.3, 0.4) is 0 Å². The molecular formula is C17H19ClFNO2. The monoisotopic (exact) mass is 323 g/mol. The van der Waals surface area contributed by atoms with E-state index in [4.69, 9.17) is 16.3 Å². The number of halogens is 2. The van der Waals surface area contributed by atoms with Crippen molar-refractivity contribution in [1.82, 2.24) is 4.57 Å². The van der Waals surface area contributed by atoms with Crippen LogP contribution < -0.4 is 10.3 Å². The van der Waals surface area contributed by atoms with Gasteiger partial charge in [0.05, 0.1) is 13.2 Å². The van der Waals surface area contributed by atoms with Gasteiger partial charge in [-0.05, 0) is 24.6 Å². The third-order valence-electron chi connectivity index (χ3n) is 3.37. The van der Waals surface area contributed by atoms with Gasteiger partial charge in [0.2, 0.25) is 0 Å². The number of hydrogen-bond donors (Lipinski definition) is 0. The SMILES string of the molecule is CCCCCOc1ccn(Cc2c(F)cccc2Cl)c(=O)c1. The van der Waals surface area contributed by atoms with E-state index in [2.05, 4.69) is 6.92 Å². The summed E-state index contributed by atoms with van der Waals surface area (Å²) in [7, 11) is 0. The molecule has 0 radical (unpaired) electrons. The second-order valence-corrected chi connectivity index (χ2v) is 5.49.